The first kappa shape index (κ1) is 39.2. The van der Waals surface area contributed by atoms with Crippen LogP contribution in [-0.2, 0) is 30.3 Å². The quantitative estimate of drug-likeness (QED) is 0.196. The number of benzene rings is 3. The number of aliphatic carboxylic acids is 2. The Hall–Kier alpha value is -5.23. The summed E-state index contributed by atoms with van der Waals surface area (Å²) in [6, 6.07) is 23.6. The molecule has 1 heterocycles. The first-order valence-corrected chi connectivity index (χ1v) is 16.7. The molecule has 1 fully saturated rings. The van der Waals surface area contributed by atoms with Crippen molar-refractivity contribution in [3.63, 3.8) is 0 Å². The van der Waals surface area contributed by atoms with Gasteiger partial charge in [-0.25, -0.2) is 19.2 Å². The Morgan fingerprint density at radius 2 is 1.30 bits per heavy atom. The van der Waals surface area contributed by atoms with Gasteiger partial charge in [-0.15, -0.1) is 0 Å². The monoisotopic (exact) mass is 690 g/mol. The van der Waals surface area contributed by atoms with Gasteiger partial charge in [0.15, 0.2) is 0 Å². The van der Waals surface area contributed by atoms with E-state index in [4.69, 9.17) is 14.2 Å². The highest BCUT2D eigenvalue weighted by molar-refractivity contribution is 5.95. The number of piperidine rings is 1. The highest BCUT2D eigenvalue weighted by atomic mass is 16.6. The maximum atomic E-state index is 12.0. The van der Waals surface area contributed by atoms with Gasteiger partial charge in [-0.2, -0.15) is 0 Å². The van der Waals surface area contributed by atoms with Crippen molar-refractivity contribution in [1.29, 1.82) is 0 Å². The molecule has 50 heavy (non-hydrogen) atoms. The number of hydrogen-bond donors (Lipinski definition) is 2. The van der Waals surface area contributed by atoms with Gasteiger partial charge in [-0.1, -0.05) is 55.5 Å². The second-order valence-corrected chi connectivity index (χ2v) is 11.8. The zero-order valence-corrected chi connectivity index (χ0v) is 28.7. The van der Waals surface area contributed by atoms with Crippen LogP contribution in [-0.4, -0.2) is 101 Å². The lowest BCUT2D eigenvalue weighted by atomic mass is 10.1. The van der Waals surface area contributed by atoms with E-state index in [0.717, 1.165) is 64.0 Å². The number of likely N-dealkylation sites (tertiary alicyclic amines) is 1. The molecule has 4 rings (SSSR count). The van der Waals surface area contributed by atoms with Crippen LogP contribution in [0.5, 0.6) is 5.75 Å². The number of carboxylic acids is 2. The van der Waals surface area contributed by atoms with E-state index in [1.165, 1.54) is 54.1 Å². The molecule has 0 aromatic heterocycles. The SMILES string of the molecule is CCCN(CCN1CCCCC1=O)C(C)Cc1ccc(OC)cc1.O=C(O[C@@H](C(=O)O)[C@@H](OC(=O)c1ccccc1)C(=O)O)c1ccccc1. The van der Waals surface area contributed by atoms with E-state index in [9.17, 15) is 34.2 Å². The fourth-order valence-electron chi connectivity index (χ4n) is 5.42. The van der Waals surface area contributed by atoms with Gasteiger partial charge in [0.1, 0.15) is 5.75 Å². The van der Waals surface area contributed by atoms with Crippen LogP contribution >= 0.6 is 0 Å². The molecule has 268 valence electrons. The van der Waals surface area contributed by atoms with E-state index in [0.29, 0.717) is 11.9 Å². The highest BCUT2D eigenvalue weighted by Crippen LogP contribution is 2.17. The summed E-state index contributed by atoms with van der Waals surface area (Å²) in [6.07, 6.45) is 0.678. The maximum absolute atomic E-state index is 12.0. The highest BCUT2D eigenvalue weighted by Gasteiger charge is 2.41. The number of amides is 1. The zero-order valence-electron chi connectivity index (χ0n) is 28.7. The van der Waals surface area contributed by atoms with Gasteiger partial charge in [0, 0.05) is 32.1 Å². The first-order valence-electron chi connectivity index (χ1n) is 16.7. The van der Waals surface area contributed by atoms with Gasteiger partial charge in [-0.05, 0) is 81.1 Å². The molecule has 3 aromatic rings. The Bertz CT molecular complexity index is 1460. The summed E-state index contributed by atoms with van der Waals surface area (Å²) in [6.45, 7) is 8.37. The Kier molecular flexibility index (Phi) is 15.9. The Balaban J connectivity index is 0.000000271. The number of hydrogen-bond acceptors (Lipinski definition) is 9. The lowest BCUT2D eigenvalue weighted by Gasteiger charge is -2.33. The molecule has 0 aliphatic carbocycles. The molecule has 3 atom stereocenters. The van der Waals surface area contributed by atoms with Crippen molar-refractivity contribution in [1.82, 2.24) is 9.80 Å². The van der Waals surface area contributed by atoms with E-state index >= 15 is 0 Å². The van der Waals surface area contributed by atoms with Crippen molar-refractivity contribution in [2.75, 3.05) is 33.3 Å². The molecule has 12 heteroatoms. The molecule has 1 saturated heterocycles. The second-order valence-electron chi connectivity index (χ2n) is 11.8. The number of carboxylic acid groups (broad SMARTS) is 2. The van der Waals surface area contributed by atoms with Crippen LogP contribution in [0.4, 0.5) is 0 Å². The molecule has 3 aromatic carbocycles. The summed E-state index contributed by atoms with van der Waals surface area (Å²) in [5, 5.41) is 18.5. The van der Waals surface area contributed by atoms with Gasteiger partial charge in [0.25, 0.3) is 0 Å². The van der Waals surface area contributed by atoms with E-state index in [1.54, 1.807) is 19.2 Å². The van der Waals surface area contributed by atoms with Crippen molar-refractivity contribution in [3.8, 4) is 5.75 Å². The second kappa shape index (κ2) is 20.3. The van der Waals surface area contributed by atoms with Crippen LogP contribution in [0.3, 0.4) is 0 Å². The van der Waals surface area contributed by atoms with Crippen LogP contribution in [0.25, 0.3) is 0 Å². The summed E-state index contributed by atoms with van der Waals surface area (Å²) >= 11 is 0. The third kappa shape index (κ3) is 12.3. The minimum Gasteiger partial charge on any atom is -0.497 e. The van der Waals surface area contributed by atoms with Gasteiger partial charge in [0.2, 0.25) is 18.1 Å². The number of esters is 2. The summed E-state index contributed by atoms with van der Waals surface area (Å²) in [5.41, 5.74) is 1.38. The van der Waals surface area contributed by atoms with Crippen molar-refractivity contribution < 1.29 is 48.4 Å². The summed E-state index contributed by atoms with van der Waals surface area (Å²) in [4.78, 5) is 63.4. The van der Waals surface area contributed by atoms with Crippen molar-refractivity contribution in [2.24, 2.45) is 0 Å². The van der Waals surface area contributed by atoms with Crippen molar-refractivity contribution >= 4 is 29.8 Å². The van der Waals surface area contributed by atoms with Crippen LogP contribution in [0, 0.1) is 0 Å². The third-order valence-corrected chi connectivity index (χ3v) is 8.15. The number of carbonyl (C=O) groups excluding carboxylic acids is 3. The lowest BCUT2D eigenvalue weighted by molar-refractivity contribution is -0.166. The average molecular weight is 691 g/mol. The third-order valence-electron chi connectivity index (χ3n) is 8.15. The van der Waals surface area contributed by atoms with Crippen LogP contribution in [0.15, 0.2) is 84.9 Å². The smallest absolute Gasteiger partial charge is 0.349 e. The Morgan fingerprint density at radius 3 is 1.74 bits per heavy atom. The normalized spacial score (nSPS) is 14.4. The Labute approximate surface area is 292 Å². The summed E-state index contributed by atoms with van der Waals surface area (Å²) in [7, 11) is 1.70. The molecule has 0 bridgehead atoms. The van der Waals surface area contributed by atoms with Crippen LogP contribution < -0.4 is 4.74 Å². The standard InChI is InChI=1S/C20H32N2O2.C18H14O8/c1-4-12-21(14-15-22-13-6-5-7-20(22)23)17(2)16-18-8-10-19(24-3)11-9-18;19-15(20)13(25-17(23)11-7-3-1-4-8-11)14(16(21)22)26-18(24)12-9-5-2-6-10-12/h8-11,17H,4-7,12-16H2,1-3H3;1-10,13-14H,(H,19,20)(H,21,22)/t;13-,14-/m.1/s1. The lowest BCUT2D eigenvalue weighted by Crippen LogP contribution is -2.45. The molecule has 1 aliphatic heterocycles. The van der Waals surface area contributed by atoms with Gasteiger partial charge in [-0.3, -0.25) is 9.69 Å². The molecular formula is C38H46N2O10. The average Bonchev–Trinajstić information content (AvgIpc) is 3.13. The molecule has 1 amide bonds. The fraction of sp³-hybridized carbons (Fsp3) is 0.395. The van der Waals surface area contributed by atoms with Gasteiger partial charge < -0.3 is 29.3 Å². The minimum atomic E-state index is -2.21. The number of nitrogens with zero attached hydrogens (tertiary/aromatic N) is 2. The summed E-state index contributed by atoms with van der Waals surface area (Å²) in [5.74, 6) is -4.40. The Morgan fingerprint density at radius 1 is 0.780 bits per heavy atom. The predicted octanol–water partition coefficient (Wildman–Crippen LogP) is 4.96. The molecular weight excluding hydrogens is 644 g/mol. The molecule has 0 spiro atoms. The van der Waals surface area contributed by atoms with E-state index in [2.05, 4.69) is 30.9 Å². The molecule has 0 radical (unpaired) electrons. The van der Waals surface area contributed by atoms with E-state index in [1.807, 2.05) is 17.0 Å². The van der Waals surface area contributed by atoms with Crippen molar-refractivity contribution in [2.45, 2.75) is 64.2 Å². The zero-order chi connectivity index (χ0) is 36.5. The van der Waals surface area contributed by atoms with Crippen LogP contribution in [0.1, 0.15) is 65.8 Å². The number of carbonyl (C=O) groups is 5. The van der Waals surface area contributed by atoms with Gasteiger partial charge in [0.05, 0.1) is 18.2 Å². The molecule has 12 nitrogen and oxygen atoms in total. The first-order chi connectivity index (χ1) is 24.0. The maximum Gasteiger partial charge on any atom is 0.349 e. The van der Waals surface area contributed by atoms with Crippen molar-refractivity contribution in [3.05, 3.63) is 102 Å². The van der Waals surface area contributed by atoms with E-state index < -0.39 is 36.1 Å². The topological polar surface area (TPSA) is 160 Å². The fourth-order valence-corrected chi connectivity index (χ4v) is 5.42. The molecule has 2 N–H and O–H groups in total. The number of methoxy groups -OCH3 is 1. The largest absolute Gasteiger partial charge is 0.497 e. The number of ether oxygens (including phenoxy) is 3. The minimum absolute atomic E-state index is 0.0253. The molecule has 1 unspecified atom stereocenters. The summed E-state index contributed by atoms with van der Waals surface area (Å²) < 4.78 is 14.8. The van der Waals surface area contributed by atoms with Gasteiger partial charge >= 0.3 is 23.9 Å². The molecule has 0 saturated carbocycles. The van der Waals surface area contributed by atoms with E-state index in [-0.39, 0.29) is 11.1 Å². The predicted molar refractivity (Wildman–Crippen MR) is 185 cm³/mol. The number of rotatable bonds is 16. The van der Waals surface area contributed by atoms with Crippen LogP contribution in [0.2, 0.25) is 0 Å². The molecule has 1 aliphatic rings.